The third-order valence-electron chi connectivity index (χ3n) is 4.46. The molecule has 0 spiro atoms. The highest BCUT2D eigenvalue weighted by molar-refractivity contribution is 5.92. The maximum Gasteiger partial charge on any atom is 0.274 e. The van der Waals surface area contributed by atoms with E-state index in [-0.39, 0.29) is 17.5 Å². The van der Waals surface area contributed by atoms with Crippen LogP contribution >= 0.6 is 0 Å². The van der Waals surface area contributed by atoms with Crippen LogP contribution < -0.4 is 10.9 Å². The zero-order valence-electron chi connectivity index (χ0n) is 14.5. The van der Waals surface area contributed by atoms with Crippen molar-refractivity contribution < 1.29 is 4.79 Å². The van der Waals surface area contributed by atoms with Gasteiger partial charge in [-0.1, -0.05) is 37.3 Å². The second kappa shape index (κ2) is 8.07. The van der Waals surface area contributed by atoms with Crippen LogP contribution in [0.25, 0.3) is 0 Å². The molecule has 1 aliphatic heterocycles. The average molecular weight is 340 g/mol. The number of carbonyl (C=O) groups is 1. The number of rotatable bonds is 6. The van der Waals surface area contributed by atoms with E-state index in [0.29, 0.717) is 18.8 Å². The number of carbonyl (C=O) groups excluding carboxylic acids is 1. The molecule has 0 bridgehead atoms. The number of benzene rings is 1. The highest BCUT2D eigenvalue weighted by atomic mass is 16.2. The van der Waals surface area contributed by atoms with Crippen LogP contribution in [0.1, 0.15) is 35.8 Å². The molecular weight excluding hydrogens is 316 g/mol. The van der Waals surface area contributed by atoms with Crippen molar-refractivity contribution >= 4 is 5.91 Å². The predicted molar refractivity (Wildman–Crippen MR) is 96.6 cm³/mol. The van der Waals surface area contributed by atoms with Crippen LogP contribution in [0.5, 0.6) is 0 Å². The summed E-state index contributed by atoms with van der Waals surface area (Å²) in [4.78, 5) is 27.0. The van der Waals surface area contributed by atoms with E-state index in [1.165, 1.54) is 16.8 Å². The first kappa shape index (κ1) is 17.4. The zero-order chi connectivity index (χ0) is 17.6. The van der Waals surface area contributed by atoms with Crippen LogP contribution in [0.2, 0.25) is 0 Å². The molecule has 1 aliphatic rings. The van der Waals surface area contributed by atoms with Gasteiger partial charge in [-0.15, -0.1) is 0 Å². The zero-order valence-corrected chi connectivity index (χ0v) is 14.5. The molecule has 1 amide bonds. The van der Waals surface area contributed by atoms with Crippen LogP contribution in [-0.4, -0.2) is 46.3 Å². The van der Waals surface area contributed by atoms with Gasteiger partial charge in [0.1, 0.15) is 5.69 Å². The van der Waals surface area contributed by atoms with Gasteiger partial charge in [-0.3, -0.25) is 9.59 Å². The minimum absolute atomic E-state index is 0.0997. The first-order chi connectivity index (χ1) is 12.2. The maximum absolute atomic E-state index is 13.0. The van der Waals surface area contributed by atoms with Crippen molar-refractivity contribution in [3.05, 3.63) is 64.1 Å². The molecule has 1 N–H and O–H groups in total. The molecular formula is C19H24N4O2. The van der Waals surface area contributed by atoms with Gasteiger partial charge in [0.15, 0.2) is 0 Å². The van der Waals surface area contributed by atoms with Gasteiger partial charge in [0.2, 0.25) is 0 Å². The molecule has 1 unspecified atom stereocenters. The molecule has 1 saturated heterocycles. The Labute approximate surface area is 147 Å². The summed E-state index contributed by atoms with van der Waals surface area (Å²) < 4.78 is 1.36. The predicted octanol–water partition coefficient (Wildman–Crippen LogP) is 1.51. The SMILES string of the molecule is CCCN(C(=O)c1ccc(=O)n(Cc2ccccc2)n1)C1CCNC1. The highest BCUT2D eigenvalue weighted by Crippen LogP contribution is 2.13. The van der Waals surface area contributed by atoms with E-state index in [1.807, 2.05) is 35.2 Å². The Kier molecular flexibility index (Phi) is 5.60. The van der Waals surface area contributed by atoms with Gasteiger partial charge in [-0.25, -0.2) is 4.68 Å². The van der Waals surface area contributed by atoms with E-state index in [4.69, 9.17) is 0 Å². The molecule has 3 rings (SSSR count). The number of nitrogens with zero attached hydrogens (tertiary/aromatic N) is 3. The Morgan fingerprint density at radius 1 is 1.28 bits per heavy atom. The van der Waals surface area contributed by atoms with Crippen molar-refractivity contribution in [2.45, 2.75) is 32.4 Å². The summed E-state index contributed by atoms with van der Waals surface area (Å²) in [6.45, 7) is 4.87. The minimum atomic E-state index is -0.204. The summed E-state index contributed by atoms with van der Waals surface area (Å²) in [5.41, 5.74) is 1.10. The highest BCUT2D eigenvalue weighted by Gasteiger charge is 2.27. The molecule has 1 atom stereocenters. The van der Waals surface area contributed by atoms with Crippen molar-refractivity contribution in [3.8, 4) is 0 Å². The van der Waals surface area contributed by atoms with Gasteiger partial charge in [-0.2, -0.15) is 5.10 Å². The van der Waals surface area contributed by atoms with Gasteiger partial charge in [0.05, 0.1) is 6.54 Å². The lowest BCUT2D eigenvalue weighted by Crippen LogP contribution is -2.43. The molecule has 1 aromatic carbocycles. The lowest BCUT2D eigenvalue weighted by Gasteiger charge is -2.28. The largest absolute Gasteiger partial charge is 0.333 e. The molecule has 2 aromatic rings. The van der Waals surface area contributed by atoms with E-state index < -0.39 is 0 Å². The Hall–Kier alpha value is -2.47. The van der Waals surface area contributed by atoms with Gasteiger partial charge in [0, 0.05) is 25.2 Å². The minimum Gasteiger partial charge on any atom is -0.333 e. The Bertz CT molecular complexity index is 766. The van der Waals surface area contributed by atoms with Crippen molar-refractivity contribution in [2.24, 2.45) is 0 Å². The van der Waals surface area contributed by atoms with Gasteiger partial charge in [0.25, 0.3) is 11.5 Å². The standard InChI is InChI=1S/C19H24N4O2/c1-2-12-22(16-10-11-20-13-16)19(25)17-8-9-18(24)23(21-17)14-15-6-4-3-5-7-15/h3-9,16,20H,2,10-14H2,1H3. The first-order valence-corrected chi connectivity index (χ1v) is 8.83. The number of amides is 1. The summed E-state index contributed by atoms with van der Waals surface area (Å²) in [5.74, 6) is -0.0997. The quantitative estimate of drug-likeness (QED) is 0.865. The van der Waals surface area contributed by atoms with Crippen LogP contribution in [0.15, 0.2) is 47.3 Å². The first-order valence-electron chi connectivity index (χ1n) is 8.83. The number of nitrogens with one attached hydrogen (secondary N) is 1. The lowest BCUT2D eigenvalue weighted by molar-refractivity contribution is 0.0683. The molecule has 0 radical (unpaired) electrons. The van der Waals surface area contributed by atoms with Crippen LogP contribution in [0.4, 0.5) is 0 Å². The van der Waals surface area contributed by atoms with Crippen LogP contribution in [0.3, 0.4) is 0 Å². The van der Waals surface area contributed by atoms with E-state index >= 15 is 0 Å². The van der Waals surface area contributed by atoms with Crippen LogP contribution in [-0.2, 0) is 6.54 Å². The van der Waals surface area contributed by atoms with Gasteiger partial charge in [-0.05, 0) is 31.0 Å². The van der Waals surface area contributed by atoms with Crippen molar-refractivity contribution in [1.82, 2.24) is 20.0 Å². The van der Waals surface area contributed by atoms with Gasteiger partial charge >= 0.3 is 0 Å². The monoisotopic (exact) mass is 340 g/mol. The second-order valence-electron chi connectivity index (χ2n) is 6.35. The molecule has 132 valence electrons. The van der Waals surface area contributed by atoms with Crippen molar-refractivity contribution in [2.75, 3.05) is 19.6 Å². The number of hydrogen-bond donors (Lipinski definition) is 1. The van der Waals surface area contributed by atoms with E-state index in [9.17, 15) is 9.59 Å². The van der Waals surface area contributed by atoms with Crippen LogP contribution in [0, 0.1) is 0 Å². The number of hydrogen-bond acceptors (Lipinski definition) is 4. The van der Waals surface area contributed by atoms with E-state index in [1.54, 1.807) is 0 Å². The fraction of sp³-hybridized carbons (Fsp3) is 0.421. The van der Waals surface area contributed by atoms with E-state index in [0.717, 1.165) is 31.5 Å². The summed E-state index contributed by atoms with van der Waals surface area (Å²) >= 11 is 0. The fourth-order valence-electron chi connectivity index (χ4n) is 3.18. The van der Waals surface area contributed by atoms with E-state index in [2.05, 4.69) is 17.3 Å². The third kappa shape index (κ3) is 4.14. The average Bonchev–Trinajstić information content (AvgIpc) is 3.16. The molecule has 1 aromatic heterocycles. The van der Waals surface area contributed by atoms with Crippen molar-refractivity contribution in [1.29, 1.82) is 0 Å². The molecule has 6 nitrogen and oxygen atoms in total. The molecule has 0 aliphatic carbocycles. The summed E-state index contributed by atoms with van der Waals surface area (Å²) in [5, 5.41) is 7.64. The molecule has 1 fully saturated rings. The molecule has 0 saturated carbocycles. The Morgan fingerprint density at radius 2 is 2.08 bits per heavy atom. The lowest BCUT2D eigenvalue weighted by atomic mass is 10.2. The summed E-state index contributed by atoms with van der Waals surface area (Å²) in [7, 11) is 0. The topological polar surface area (TPSA) is 67.2 Å². The summed E-state index contributed by atoms with van der Waals surface area (Å²) in [6, 6.07) is 12.8. The van der Waals surface area contributed by atoms with Gasteiger partial charge < -0.3 is 10.2 Å². The Balaban J connectivity index is 1.84. The maximum atomic E-state index is 13.0. The number of aromatic nitrogens is 2. The normalized spacial score (nSPS) is 16.8. The molecule has 2 heterocycles. The fourth-order valence-corrected chi connectivity index (χ4v) is 3.18. The summed E-state index contributed by atoms with van der Waals surface area (Å²) in [6.07, 6.45) is 1.85. The third-order valence-corrected chi connectivity index (χ3v) is 4.46. The van der Waals surface area contributed by atoms with Crippen molar-refractivity contribution in [3.63, 3.8) is 0 Å². The second-order valence-corrected chi connectivity index (χ2v) is 6.35. The Morgan fingerprint density at radius 3 is 2.76 bits per heavy atom. The smallest absolute Gasteiger partial charge is 0.274 e. The molecule has 6 heteroatoms. The molecule has 25 heavy (non-hydrogen) atoms.